The summed E-state index contributed by atoms with van der Waals surface area (Å²) in [6, 6.07) is 7.25. The Balaban J connectivity index is 1.61. The highest BCUT2D eigenvalue weighted by Crippen LogP contribution is 2.19. The Bertz CT molecular complexity index is 502. The van der Waals surface area contributed by atoms with E-state index in [4.69, 9.17) is 14.2 Å². The van der Waals surface area contributed by atoms with Crippen LogP contribution in [-0.2, 0) is 9.53 Å². The summed E-state index contributed by atoms with van der Waals surface area (Å²) in [4.78, 5) is 14.3. The first-order chi connectivity index (χ1) is 11.7. The van der Waals surface area contributed by atoms with Gasteiger partial charge in [-0.2, -0.15) is 0 Å². The Morgan fingerprint density at radius 1 is 1.25 bits per heavy atom. The van der Waals surface area contributed by atoms with Gasteiger partial charge in [-0.15, -0.1) is 0 Å². The van der Waals surface area contributed by atoms with Crippen molar-refractivity contribution in [1.82, 2.24) is 10.2 Å². The van der Waals surface area contributed by atoms with Crippen LogP contribution in [0.3, 0.4) is 0 Å². The lowest BCUT2D eigenvalue weighted by Crippen LogP contribution is -2.40. The van der Waals surface area contributed by atoms with Gasteiger partial charge in [-0.3, -0.25) is 4.79 Å². The van der Waals surface area contributed by atoms with Crippen LogP contribution in [0.15, 0.2) is 24.3 Å². The number of rotatable bonds is 9. The smallest absolute Gasteiger partial charge is 0.257 e. The Morgan fingerprint density at radius 2 is 2.00 bits per heavy atom. The number of ether oxygens (including phenoxy) is 3. The minimum absolute atomic E-state index is 0.0276. The van der Waals surface area contributed by atoms with E-state index in [2.05, 4.69) is 10.2 Å². The summed E-state index contributed by atoms with van der Waals surface area (Å²) < 4.78 is 15.7. The maximum absolute atomic E-state index is 11.9. The summed E-state index contributed by atoms with van der Waals surface area (Å²) in [6.45, 7) is 4.67. The topological polar surface area (TPSA) is 60.0 Å². The zero-order valence-corrected chi connectivity index (χ0v) is 14.6. The molecule has 1 heterocycles. The highest BCUT2D eigenvalue weighted by atomic mass is 16.5. The van der Waals surface area contributed by atoms with E-state index in [1.807, 2.05) is 18.2 Å². The minimum Gasteiger partial charge on any atom is -0.497 e. The van der Waals surface area contributed by atoms with Gasteiger partial charge in [0, 0.05) is 26.3 Å². The van der Waals surface area contributed by atoms with Gasteiger partial charge in [0.05, 0.1) is 13.7 Å². The van der Waals surface area contributed by atoms with Gasteiger partial charge in [0.15, 0.2) is 6.61 Å². The van der Waals surface area contributed by atoms with E-state index in [1.54, 1.807) is 20.3 Å². The van der Waals surface area contributed by atoms with Gasteiger partial charge in [0.25, 0.3) is 5.91 Å². The number of carbonyl (C=O) groups is 1. The predicted molar refractivity (Wildman–Crippen MR) is 92.5 cm³/mol. The number of hydrogen-bond donors (Lipinski definition) is 1. The molecule has 1 fully saturated rings. The van der Waals surface area contributed by atoms with Crippen molar-refractivity contribution in [3.8, 4) is 11.5 Å². The molecule has 1 aliphatic rings. The highest BCUT2D eigenvalue weighted by molar-refractivity contribution is 5.77. The molecule has 1 aromatic carbocycles. The average Bonchev–Trinajstić information content (AvgIpc) is 2.64. The maximum atomic E-state index is 11.9. The van der Waals surface area contributed by atoms with Crippen molar-refractivity contribution in [2.45, 2.75) is 12.8 Å². The van der Waals surface area contributed by atoms with Crippen molar-refractivity contribution in [3.05, 3.63) is 24.3 Å². The van der Waals surface area contributed by atoms with Crippen LogP contribution in [-0.4, -0.2) is 64.4 Å². The fraction of sp³-hybridized carbons (Fsp3) is 0.611. The SMILES string of the molecule is COCCN1CCC(CNC(=O)COc2cccc(OC)c2)CC1. The molecule has 6 heteroatoms. The molecule has 1 N–H and O–H groups in total. The Hall–Kier alpha value is -1.79. The van der Waals surface area contributed by atoms with Gasteiger partial charge in [0.1, 0.15) is 11.5 Å². The van der Waals surface area contributed by atoms with Crippen LogP contribution < -0.4 is 14.8 Å². The van der Waals surface area contributed by atoms with E-state index in [0.717, 1.165) is 45.6 Å². The third-order valence-corrected chi connectivity index (χ3v) is 4.32. The lowest BCUT2D eigenvalue weighted by atomic mass is 9.97. The van der Waals surface area contributed by atoms with Gasteiger partial charge in [-0.05, 0) is 44.0 Å². The first-order valence-corrected chi connectivity index (χ1v) is 8.46. The molecule has 0 aromatic heterocycles. The highest BCUT2D eigenvalue weighted by Gasteiger charge is 2.19. The van der Waals surface area contributed by atoms with Crippen LogP contribution in [0.2, 0.25) is 0 Å². The first kappa shape index (κ1) is 18.5. The van der Waals surface area contributed by atoms with Crippen molar-refractivity contribution in [2.24, 2.45) is 5.92 Å². The third-order valence-electron chi connectivity index (χ3n) is 4.32. The monoisotopic (exact) mass is 336 g/mol. The van der Waals surface area contributed by atoms with Gasteiger partial charge in [-0.25, -0.2) is 0 Å². The summed E-state index contributed by atoms with van der Waals surface area (Å²) in [5, 5.41) is 2.97. The number of carbonyl (C=O) groups excluding carboxylic acids is 1. The first-order valence-electron chi connectivity index (χ1n) is 8.46. The molecule has 0 saturated carbocycles. The van der Waals surface area contributed by atoms with Gasteiger partial charge in [0.2, 0.25) is 0 Å². The molecule has 134 valence electrons. The van der Waals surface area contributed by atoms with Crippen molar-refractivity contribution in [1.29, 1.82) is 0 Å². The normalized spacial score (nSPS) is 15.9. The molecule has 0 atom stereocenters. The summed E-state index contributed by atoms with van der Waals surface area (Å²) in [6.07, 6.45) is 2.22. The third kappa shape index (κ3) is 6.37. The molecule has 1 saturated heterocycles. The van der Waals surface area contributed by atoms with Crippen molar-refractivity contribution in [3.63, 3.8) is 0 Å². The van der Waals surface area contributed by atoms with E-state index >= 15 is 0 Å². The number of piperidine rings is 1. The van der Waals surface area contributed by atoms with E-state index in [9.17, 15) is 4.79 Å². The van der Waals surface area contributed by atoms with E-state index in [1.165, 1.54) is 0 Å². The van der Waals surface area contributed by atoms with Crippen LogP contribution in [0.5, 0.6) is 11.5 Å². The van der Waals surface area contributed by atoms with E-state index < -0.39 is 0 Å². The number of hydrogen-bond acceptors (Lipinski definition) is 5. The molecule has 0 radical (unpaired) electrons. The molecular formula is C18H28N2O4. The molecule has 2 rings (SSSR count). The van der Waals surface area contributed by atoms with Crippen LogP contribution >= 0.6 is 0 Å². The minimum atomic E-state index is -0.0837. The predicted octanol–water partition coefficient (Wildman–Crippen LogP) is 1.55. The lowest BCUT2D eigenvalue weighted by molar-refractivity contribution is -0.123. The number of methoxy groups -OCH3 is 2. The largest absolute Gasteiger partial charge is 0.497 e. The summed E-state index contributed by atoms with van der Waals surface area (Å²) >= 11 is 0. The standard InChI is InChI=1S/C18H28N2O4/c1-22-11-10-20-8-6-15(7-9-20)13-19-18(21)14-24-17-5-3-4-16(12-17)23-2/h3-5,12,15H,6-11,13-14H2,1-2H3,(H,19,21). The van der Waals surface area contributed by atoms with Gasteiger partial charge >= 0.3 is 0 Å². The zero-order valence-electron chi connectivity index (χ0n) is 14.6. The van der Waals surface area contributed by atoms with Crippen LogP contribution in [0.25, 0.3) is 0 Å². The molecule has 24 heavy (non-hydrogen) atoms. The molecular weight excluding hydrogens is 308 g/mol. The molecule has 1 aliphatic heterocycles. The fourth-order valence-electron chi connectivity index (χ4n) is 2.78. The average molecular weight is 336 g/mol. The molecule has 0 aliphatic carbocycles. The number of likely N-dealkylation sites (tertiary alicyclic amines) is 1. The van der Waals surface area contributed by atoms with Crippen LogP contribution in [0.1, 0.15) is 12.8 Å². The summed E-state index contributed by atoms with van der Waals surface area (Å²) in [5.41, 5.74) is 0. The van der Waals surface area contributed by atoms with Crippen molar-refractivity contribution in [2.75, 3.05) is 53.6 Å². The quantitative estimate of drug-likeness (QED) is 0.741. The Labute approximate surface area is 144 Å². The number of nitrogens with zero attached hydrogens (tertiary/aromatic N) is 1. The maximum Gasteiger partial charge on any atom is 0.257 e. The zero-order chi connectivity index (χ0) is 17.2. The molecule has 0 unspecified atom stereocenters. The van der Waals surface area contributed by atoms with Gasteiger partial charge in [-0.1, -0.05) is 6.07 Å². The van der Waals surface area contributed by atoms with Crippen LogP contribution in [0, 0.1) is 5.92 Å². The number of benzene rings is 1. The van der Waals surface area contributed by atoms with E-state index in [-0.39, 0.29) is 12.5 Å². The summed E-state index contributed by atoms with van der Waals surface area (Å²) in [7, 11) is 3.34. The van der Waals surface area contributed by atoms with E-state index in [0.29, 0.717) is 17.4 Å². The van der Waals surface area contributed by atoms with Crippen molar-refractivity contribution < 1.29 is 19.0 Å². The number of nitrogens with one attached hydrogen (secondary N) is 1. The van der Waals surface area contributed by atoms with Crippen LogP contribution in [0.4, 0.5) is 0 Å². The molecule has 1 aromatic rings. The second-order valence-electron chi connectivity index (χ2n) is 6.05. The number of amides is 1. The summed E-state index contributed by atoms with van der Waals surface area (Å²) in [5.74, 6) is 1.81. The molecule has 0 bridgehead atoms. The van der Waals surface area contributed by atoms with Gasteiger partial charge < -0.3 is 24.4 Å². The molecule has 6 nitrogen and oxygen atoms in total. The Morgan fingerprint density at radius 3 is 2.71 bits per heavy atom. The second-order valence-corrected chi connectivity index (χ2v) is 6.05. The fourth-order valence-corrected chi connectivity index (χ4v) is 2.78. The molecule has 1 amide bonds. The van der Waals surface area contributed by atoms with Crippen molar-refractivity contribution >= 4 is 5.91 Å². The lowest BCUT2D eigenvalue weighted by Gasteiger charge is -2.31. The molecule has 0 spiro atoms. The second kappa shape index (κ2) is 10.2. The Kier molecular flexibility index (Phi) is 7.85.